The predicted molar refractivity (Wildman–Crippen MR) is 125 cm³/mol. The molecule has 5 aromatic rings. The Balaban J connectivity index is 1.67. The molecule has 0 atom stereocenters. The van der Waals surface area contributed by atoms with Crippen LogP contribution in [0.2, 0.25) is 0 Å². The van der Waals surface area contributed by atoms with Gasteiger partial charge in [-0.2, -0.15) is 10.2 Å². The Labute approximate surface area is 183 Å². The highest BCUT2D eigenvalue weighted by atomic mass is 19.1. The zero-order chi connectivity index (χ0) is 22.2. The molecule has 4 heterocycles. The first kappa shape index (κ1) is 19.7. The second-order valence-electron chi connectivity index (χ2n) is 7.57. The summed E-state index contributed by atoms with van der Waals surface area (Å²) in [5.41, 5.74) is 5.72. The van der Waals surface area contributed by atoms with Crippen molar-refractivity contribution >= 4 is 28.6 Å². The molecule has 0 saturated carbocycles. The fourth-order valence-corrected chi connectivity index (χ4v) is 3.83. The van der Waals surface area contributed by atoms with E-state index in [1.54, 1.807) is 23.1 Å². The summed E-state index contributed by atoms with van der Waals surface area (Å²) in [7, 11) is 1.88. The summed E-state index contributed by atoms with van der Waals surface area (Å²) in [6.07, 6.45) is 9.40. The first-order valence-electron chi connectivity index (χ1n) is 10.2. The minimum absolute atomic E-state index is 0.293. The molecule has 0 spiro atoms. The molecule has 0 aliphatic heterocycles. The number of rotatable bonds is 4. The van der Waals surface area contributed by atoms with Gasteiger partial charge in [-0.15, -0.1) is 0 Å². The normalized spacial score (nSPS) is 12.7. The van der Waals surface area contributed by atoms with Crippen molar-refractivity contribution in [2.75, 3.05) is 0 Å². The van der Waals surface area contributed by atoms with E-state index in [1.165, 1.54) is 12.1 Å². The van der Waals surface area contributed by atoms with Gasteiger partial charge < -0.3 is 4.98 Å². The molecule has 158 valence electrons. The Kier molecular flexibility index (Phi) is 4.78. The van der Waals surface area contributed by atoms with Gasteiger partial charge in [0.1, 0.15) is 11.5 Å². The lowest BCUT2D eigenvalue weighted by atomic mass is 10.1. The number of hydrogen-bond acceptors (Lipinski definition) is 3. The van der Waals surface area contributed by atoms with Crippen LogP contribution in [0.3, 0.4) is 0 Å². The van der Waals surface area contributed by atoms with Crippen LogP contribution in [0.5, 0.6) is 0 Å². The highest BCUT2D eigenvalue weighted by molar-refractivity contribution is 5.96. The van der Waals surface area contributed by atoms with Crippen LogP contribution in [-0.2, 0) is 7.05 Å². The maximum Gasteiger partial charge on any atom is 0.123 e. The maximum atomic E-state index is 13.8. The average molecular weight is 424 g/mol. The number of nitrogens with one attached hydrogen (secondary N) is 2. The number of aromatic amines is 2. The minimum Gasteiger partial charge on any atom is -0.353 e. The van der Waals surface area contributed by atoms with Gasteiger partial charge in [-0.3, -0.25) is 14.8 Å². The van der Waals surface area contributed by atoms with E-state index in [1.807, 2.05) is 50.5 Å². The first-order chi connectivity index (χ1) is 15.5. The van der Waals surface area contributed by atoms with Crippen LogP contribution in [0.25, 0.3) is 51.3 Å². The number of benzene rings is 1. The standard InChI is InChI=1S/C25H21FN6/c1-4-21-19(10-15(2)17-13-28-32(3)14-17)25(31-30-21)23-12-20-22(29-23)8-9-27-24(20)16-6-5-7-18(26)11-16/h4-14,29-30H,2H2,1,3H3/b19-10+,21-4+. The van der Waals surface area contributed by atoms with Crippen molar-refractivity contribution < 1.29 is 4.39 Å². The highest BCUT2D eigenvalue weighted by Gasteiger charge is 2.13. The molecule has 32 heavy (non-hydrogen) atoms. The van der Waals surface area contributed by atoms with Gasteiger partial charge in [-0.25, -0.2) is 4.39 Å². The number of nitrogens with zero attached hydrogens (tertiary/aromatic N) is 4. The predicted octanol–water partition coefficient (Wildman–Crippen LogP) is 3.79. The highest BCUT2D eigenvalue weighted by Crippen LogP contribution is 2.29. The molecule has 0 radical (unpaired) electrons. The molecule has 6 nitrogen and oxygen atoms in total. The fourth-order valence-electron chi connectivity index (χ4n) is 3.83. The van der Waals surface area contributed by atoms with Crippen molar-refractivity contribution in [1.82, 2.24) is 29.9 Å². The van der Waals surface area contributed by atoms with Gasteiger partial charge in [0.05, 0.1) is 22.9 Å². The Bertz CT molecular complexity index is 1580. The second-order valence-corrected chi connectivity index (χ2v) is 7.57. The molecule has 5 rings (SSSR count). The van der Waals surface area contributed by atoms with E-state index in [0.29, 0.717) is 5.69 Å². The van der Waals surface area contributed by atoms with E-state index in [4.69, 9.17) is 0 Å². The van der Waals surface area contributed by atoms with Crippen molar-refractivity contribution in [3.63, 3.8) is 0 Å². The van der Waals surface area contributed by atoms with E-state index < -0.39 is 0 Å². The Morgan fingerprint density at radius 1 is 1.19 bits per heavy atom. The third-order valence-electron chi connectivity index (χ3n) is 5.42. The zero-order valence-corrected chi connectivity index (χ0v) is 17.7. The van der Waals surface area contributed by atoms with Crippen LogP contribution in [0.4, 0.5) is 4.39 Å². The number of pyridine rings is 1. The van der Waals surface area contributed by atoms with Crippen molar-refractivity contribution in [1.29, 1.82) is 0 Å². The molecule has 0 saturated heterocycles. The molecular formula is C25H21FN6. The smallest absolute Gasteiger partial charge is 0.123 e. The second kappa shape index (κ2) is 7.77. The summed E-state index contributed by atoms with van der Waals surface area (Å²) in [5, 5.41) is 14.6. The van der Waals surface area contributed by atoms with Crippen LogP contribution in [0.1, 0.15) is 12.5 Å². The zero-order valence-electron chi connectivity index (χ0n) is 17.7. The minimum atomic E-state index is -0.293. The van der Waals surface area contributed by atoms with Crippen LogP contribution in [0, 0.1) is 5.82 Å². The van der Waals surface area contributed by atoms with Crippen LogP contribution < -0.4 is 10.6 Å². The van der Waals surface area contributed by atoms with Gasteiger partial charge in [0.2, 0.25) is 0 Å². The van der Waals surface area contributed by atoms with E-state index in [0.717, 1.165) is 49.6 Å². The van der Waals surface area contributed by atoms with E-state index in [-0.39, 0.29) is 5.82 Å². The summed E-state index contributed by atoms with van der Waals surface area (Å²) < 4.78 is 15.6. The SMILES string of the molecule is C=C(/C=c1/c(-c2cc3c(-c4cccc(F)c4)nccc3[nH]2)n[nH]/c1=C/C)c1cnn(C)c1. The summed E-state index contributed by atoms with van der Waals surface area (Å²) in [5.74, 6) is -0.293. The molecule has 0 amide bonds. The lowest BCUT2D eigenvalue weighted by molar-refractivity contribution is 0.628. The maximum absolute atomic E-state index is 13.8. The lowest BCUT2D eigenvalue weighted by Crippen LogP contribution is -2.23. The number of halogens is 1. The lowest BCUT2D eigenvalue weighted by Gasteiger charge is -2.02. The van der Waals surface area contributed by atoms with Crippen molar-refractivity contribution in [2.45, 2.75) is 6.92 Å². The summed E-state index contributed by atoms with van der Waals surface area (Å²) >= 11 is 0. The largest absolute Gasteiger partial charge is 0.353 e. The van der Waals surface area contributed by atoms with Crippen LogP contribution in [-0.4, -0.2) is 29.9 Å². The van der Waals surface area contributed by atoms with Crippen molar-refractivity contribution in [2.24, 2.45) is 7.05 Å². The van der Waals surface area contributed by atoms with Gasteiger partial charge in [0, 0.05) is 46.7 Å². The van der Waals surface area contributed by atoms with Crippen molar-refractivity contribution in [3.05, 3.63) is 83.5 Å². The molecule has 4 aromatic heterocycles. The topological polar surface area (TPSA) is 75.2 Å². The van der Waals surface area contributed by atoms with Gasteiger partial charge >= 0.3 is 0 Å². The summed E-state index contributed by atoms with van der Waals surface area (Å²) in [6, 6.07) is 10.4. The molecule has 0 aliphatic carbocycles. The molecule has 1 aromatic carbocycles. The Hall–Kier alpha value is -4.26. The van der Waals surface area contributed by atoms with Gasteiger partial charge in [0.25, 0.3) is 0 Å². The van der Waals surface area contributed by atoms with Gasteiger partial charge in [0.15, 0.2) is 0 Å². The third-order valence-corrected chi connectivity index (χ3v) is 5.42. The molecule has 0 bridgehead atoms. The van der Waals surface area contributed by atoms with E-state index in [9.17, 15) is 4.39 Å². The molecule has 0 unspecified atom stereocenters. The van der Waals surface area contributed by atoms with Gasteiger partial charge in [-0.05, 0) is 42.8 Å². The fraction of sp³-hybridized carbons (Fsp3) is 0.0800. The Morgan fingerprint density at radius 2 is 2.06 bits per heavy atom. The number of hydrogen-bond donors (Lipinski definition) is 2. The number of fused-ring (bicyclic) bond motifs is 1. The Morgan fingerprint density at radius 3 is 2.81 bits per heavy atom. The quantitative estimate of drug-likeness (QED) is 0.461. The van der Waals surface area contributed by atoms with Crippen LogP contribution >= 0.6 is 0 Å². The van der Waals surface area contributed by atoms with Gasteiger partial charge in [-0.1, -0.05) is 24.8 Å². The number of aryl methyl sites for hydroxylation is 1. The molecule has 2 N–H and O–H groups in total. The van der Waals surface area contributed by atoms with Crippen LogP contribution in [0.15, 0.2) is 61.6 Å². The third kappa shape index (κ3) is 3.43. The number of allylic oxidation sites excluding steroid dienone is 1. The molecule has 0 aliphatic rings. The van der Waals surface area contributed by atoms with E-state index >= 15 is 0 Å². The monoisotopic (exact) mass is 424 g/mol. The first-order valence-corrected chi connectivity index (χ1v) is 10.2. The molecular weight excluding hydrogens is 403 g/mol. The molecule has 7 heteroatoms. The molecule has 0 fully saturated rings. The number of H-pyrrole nitrogens is 2. The number of aromatic nitrogens is 6. The van der Waals surface area contributed by atoms with Crippen molar-refractivity contribution in [3.8, 4) is 22.6 Å². The summed E-state index contributed by atoms with van der Waals surface area (Å²) in [6.45, 7) is 6.16. The van der Waals surface area contributed by atoms with E-state index in [2.05, 4.69) is 31.8 Å². The summed E-state index contributed by atoms with van der Waals surface area (Å²) in [4.78, 5) is 7.94. The average Bonchev–Trinajstić information content (AvgIpc) is 3.51.